The fourth-order valence-corrected chi connectivity index (χ4v) is 3.91. The largest absolute Gasteiger partial charge is 0.490 e. The van der Waals surface area contributed by atoms with Crippen LogP contribution in [0.1, 0.15) is 6.42 Å². The zero-order chi connectivity index (χ0) is 17.8. The average molecular weight is 419 g/mol. The van der Waals surface area contributed by atoms with Crippen LogP contribution in [0.2, 0.25) is 15.1 Å². The van der Waals surface area contributed by atoms with Crippen LogP contribution in [0.15, 0.2) is 35.2 Å². The molecule has 0 fully saturated rings. The van der Waals surface area contributed by atoms with Crippen LogP contribution in [-0.4, -0.2) is 24.9 Å². The van der Waals surface area contributed by atoms with Crippen molar-refractivity contribution >= 4 is 58.2 Å². The van der Waals surface area contributed by atoms with Gasteiger partial charge in [-0.15, -0.1) is 11.8 Å². The molecule has 1 aliphatic heterocycles. The summed E-state index contributed by atoms with van der Waals surface area (Å²) in [6.45, 7) is 1.13. The van der Waals surface area contributed by atoms with E-state index in [4.69, 9.17) is 44.3 Å². The van der Waals surface area contributed by atoms with Crippen molar-refractivity contribution in [3.05, 3.63) is 45.4 Å². The first-order valence-corrected chi connectivity index (χ1v) is 9.62. The second kappa shape index (κ2) is 8.41. The molecular formula is C17H14Cl3NO3S. The van der Waals surface area contributed by atoms with Gasteiger partial charge in [-0.05, 0) is 12.1 Å². The minimum Gasteiger partial charge on any atom is -0.490 e. The smallest absolute Gasteiger partial charge is 0.234 e. The van der Waals surface area contributed by atoms with Crippen LogP contribution in [0.5, 0.6) is 11.5 Å². The Kier molecular flexibility index (Phi) is 6.23. The molecule has 8 heteroatoms. The minimum atomic E-state index is -0.225. The SMILES string of the molecule is O=C(CSc1c(Cl)cccc1Cl)Nc1cc2c(cc1Cl)OCCCO2. The van der Waals surface area contributed by atoms with Crippen LogP contribution in [0.25, 0.3) is 0 Å². The second-order valence-corrected chi connectivity index (χ2v) is 7.42. The normalized spacial score (nSPS) is 13.2. The summed E-state index contributed by atoms with van der Waals surface area (Å²) in [6, 6.07) is 8.54. The predicted octanol–water partition coefficient (Wildman–Crippen LogP) is 5.54. The molecule has 25 heavy (non-hydrogen) atoms. The van der Waals surface area contributed by atoms with Gasteiger partial charge >= 0.3 is 0 Å². The highest BCUT2D eigenvalue weighted by Gasteiger charge is 2.16. The van der Waals surface area contributed by atoms with Crippen LogP contribution in [0, 0.1) is 0 Å². The zero-order valence-electron chi connectivity index (χ0n) is 13.0. The van der Waals surface area contributed by atoms with Crippen LogP contribution in [0.4, 0.5) is 5.69 Å². The standard InChI is InChI=1S/C17H14Cl3NO3S/c18-10-3-1-4-11(19)17(10)25-9-16(22)21-13-8-15-14(7-12(13)20)23-5-2-6-24-15/h1,3-4,7-8H,2,5-6,9H2,(H,21,22). The van der Waals surface area contributed by atoms with Gasteiger partial charge in [0.15, 0.2) is 11.5 Å². The molecule has 0 spiro atoms. The number of halogens is 3. The van der Waals surface area contributed by atoms with Gasteiger partial charge in [0.25, 0.3) is 0 Å². The number of benzene rings is 2. The minimum absolute atomic E-state index is 0.147. The number of thioether (sulfide) groups is 1. The molecule has 2 aromatic carbocycles. The van der Waals surface area contributed by atoms with Crippen molar-refractivity contribution in [2.75, 3.05) is 24.3 Å². The first-order chi connectivity index (χ1) is 12.0. The number of amides is 1. The van der Waals surface area contributed by atoms with E-state index in [0.29, 0.717) is 50.4 Å². The topological polar surface area (TPSA) is 47.6 Å². The number of carbonyl (C=O) groups excluding carboxylic acids is 1. The number of hydrogen-bond donors (Lipinski definition) is 1. The summed E-state index contributed by atoms with van der Waals surface area (Å²) in [7, 11) is 0. The van der Waals surface area contributed by atoms with Crippen LogP contribution in [0.3, 0.4) is 0 Å². The van der Waals surface area contributed by atoms with E-state index in [-0.39, 0.29) is 11.7 Å². The number of ether oxygens (including phenoxy) is 2. The molecule has 132 valence electrons. The van der Waals surface area contributed by atoms with Crippen molar-refractivity contribution in [2.45, 2.75) is 11.3 Å². The van der Waals surface area contributed by atoms with Gasteiger partial charge in [0.05, 0.1) is 39.7 Å². The van der Waals surface area contributed by atoms with E-state index in [1.54, 1.807) is 30.3 Å². The Morgan fingerprint density at radius 3 is 2.36 bits per heavy atom. The Hall–Kier alpha value is -1.27. The summed E-state index contributed by atoms with van der Waals surface area (Å²) in [4.78, 5) is 12.9. The summed E-state index contributed by atoms with van der Waals surface area (Å²) < 4.78 is 11.2. The molecule has 1 N–H and O–H groups in total. The molecule has 3 rings (SSSR count). The fraction of sp³-hybridized carbons (Fsp3) is 0.235. The third kappa shape index (κ3) is 4.67. The lowest BCUT2D eigenvalue weighted by Gasteiger charge is -2.12. The molecule has 1 amide bonds. The summed E-state index contributed by atoms with van der Waals surface area (Å²) >= 11 is 19.7. The van der Waals surface area contributed by atoms with Gasteiger partial charge in [0.2, 0.25) is 5.91 Å². The van der Waals surface area contributed by atoms with Gasteiger partial charge in [-0.25, -0.2) is 0 Å². The third-order valence-corrected chi connectivity index (χ3v) is 5.68. The Morgan fingerprint density at radius 2 is 1.68 bits per heavy atom. The van der Waals surface area contributed by atoms with Crippen molar-refractivity contribution in [3.63, 3.8) is 0 Å². The number of carbonyl (C=O) groups is 1. The lowest BCUT2D eigenvalue weighted by Crippen LogP contribution is -2.14. The molecule has 0 bridgehead atoms. The predicted molar refractivity (Wildman–Crippen MR) is 103 cm³/mol. The van der Waals surface area contributed by atoms with Crippen LogP contribution in [-0.2, 0) is 4.79 Å². The fourth-order valence-electron chi connectivity index (χ4n) is 2.22. The summed E-state index contributed by atoms with van der Waals surface area (Å²) in [5.41, 5.74) is 0.474. The molecular weight excluding hydrogens is 405 g/mol. The number of rotatable bonds is 4. The van der Waals surface area contributed by atoms with Crippen molar-refractivity contribution in [1.82, 2.24) is 0 Å². The van der Waals surface area contributed by atoms with Crippen LogP contribution >= 0.6 is 46.6 Å². The Labute approximate surface area is 164 Å². The molecule has 0 radical (unpaired) electrons. The Bertz CT molecular complexity index is 781. The highest BCUT2D eigenvalue weighted by molar-refractivity contribution is 8.00. The van der Waals surface area contributed by atoms with E-state index in [2.05, 4.69) is 5.32 Å². The maximum Gasteiger partial charge on any atom is 0.234 e. The van der Waals surface area contributed by atoms with Gasteiger partial charge in [-0.2, -0.15) is 0 Å². The number of anilines is 1. The third-order valence-electron chi connectivity index (χ3n) is 3.38. The van der Waals surface area contributed by atoms with Gasteiger partial charge in [-0.3, -0.25) is 4.79 Å². The molecule has 1 heterocycles. The van der Waals surface area contributed by atoms with E-state index >= 15 is 0 Å². The number of hydrogen-bond acceptors (Lipinski definition) is 4. The molecule has 0 saturated carbocycles. The Balaban J connectivity index is 1.68. The summed E-state index contributed by atoms with van der Waals surface area (Å²) in [6.07, 6.45) is 0.795. The second-order valence-electron chi connectivity index (χ2n) is 5.22. The molecule has 4 nitrogen and oxygen atoms in total. The molecule has 1 aliphatic rings. The first kappa shape index (κ1) is 18.5. The summed E-state index contributed by atoms with van der Waals surface area (Å²) in [5.74, 6) is 1.07. The van der Waals surface area contributed by atoms with E-state index in [9.17, 15) is 4.79 Å². The average Bonchev–Trinajstić information content (AvgIpc) is 2.79. The van der Waals surface area contributed by atoms with E-state index in [0.717, 1.165) is 6.42 Å². The Morgan fingerprint density at radius 1 is 1.04 bits per heavy atom. The van der Waals surface area contributed by atoms with Crippen molar-refractivity contribution in [1.29, 1.82) is 0 Å². The molecule has 0 unspecified atom stereocenters. The maximum atomic E-state index is 12.2. The van der Waals surface area contributed by atoms with Crippen molar-refractivity contribution in [3.8, 4) is 11.5 Å². The van der Waals surface area contributed by atoms with Gasteiger partial charge < -0.3 is 14.8 Å². The molecule has 0 aliphatic carbocycles. The van der Waals surface area contributed by atoms with Gasteiger partial charge in [-0.1, -0.05) is 40.9 Å². The maximum absolute atomic E-state index is 12.2. The van der Waals surface area contributed by atoms with E-state index < -0.39 is 0 Å². The number of nitrogens with one attached hydrogen (secondary N) is 1. The highest BCUT2D eigenvalue weighted by Crippen LogP contribution is 2.38. The monoisotopic (exact) mass is 417 g/mol. The van der Waals surface area contributed by atoms with Crippen molar-refractivity contribution in [2.24, 2.45) is 0 Å². The highest BCUT2D eigenvalue weighted by atomic mass is 35.5. The van der Waals surface area contributed by atoms with Gasteiger partial charge in [0, 0.05) is 23.4 Å². The molecule has 0 saturated heterocycles. The van der Waals surface area contributed by atoms with E-state index in [1.807, 2.05) is 0 Å². The molecule has 0 atom stereocenters. The molecule has 2 aromatic rings. The van der Waals surface area contributed by atoms with E-state index in [1.165, 1.54) is 11.8 Å². The first-order valence-electron chi connectivity index (χ1n) is 7.50. The zero-order valence-corrected chi connectivity index (χ0v) is 16.1. The van der Waals surface area contributed by atoms with Crippen molar-refractivity contribution < 1.29 is 14.3 Å². The lowest BCUT2D eigenvalue weighted by atomic mass is 10.2. The van der Waals surface area contributed by atoms with Crippen LogP contribution < -0.4 is 14.8 Å². The number of fused-ring (bicyclic) bond motifs is 1. The van der Waals surface area contributed by atoms with Gasteiger partial charge in [0.1, 0.15) is 0 Å². The quantitative estimate of drug-likeness (QED) is 0.662. The summed E-state index contributed by atoms with van der Waals surface area (Å²) in [5, 5.41) is 4.19. The molecule has 0 aromatic heterocycles. The lowest BCUT2D eigenvalue weighted by molar-refractivity contribution is -0.113.